The smallest absolute Gasteiger partial charge is 0.235 e. The number of benzene rings is 3. The normalized spacial score (nSPS) is 17.8. The lowest BCUT2D eigenvalue weighted by Gasteiger charge is -2.28. The molecule has 0 saturated carbocycles. The van der Waals surface area contributed by atoms with Gasteiger partial charge in [-0.1, -0.05) is 59.8 Å². The SMILES string of the molecule is CC1=NC(SCc2ccccc2)=NC(c2ccc(O)cc2O)C1C(=O)Nc1ccc(C)cc1. The van der Waals surface area contributed by atoms with Crippen LogP contribution in [0.4, 0.5) is 5.69 Å². The van der Waals surface area contributed by atoms with Crippen LogP contribution in [0.1, 0.15) is 29.7 Å². The number of aliphatic imine (C=N–C) groups is 2. The quantitative estimate of drug-likeness (QED) is 0.472. The Bertz CT molecular complexity index is 1210. The Morgan fingerprint density at radius 2 is 1.73 bits per heavy atom. The molecule has 168 valence electrons. The van der Waals surface area contributed by atoms with Crippen LogP contribution in [0.2, 0.25) is 0 Å². The van der Waals surface area contributed by atoms with Gasteiger partial charge in [0.15, 0.2) is 5.17 Å². The van der Waals surface area contributed by atoms with Crippen molar-refractivity contribution in [3.63, 3.8) is 0 Å². The molecule has 3 aromatic carbocycles. The summed E-state index contributed by atoms with van der Waals surface area (Å²) >= 11 is 1.48. The minimum Gasteiger partial charge on any atom is -0.508 e. The molecule has 4 rings (SSSR count). The van der Waals surface area contributed by atoms with Crippen molar-refractivity contribution < 1.29 is 15.0 Å². The minimum absolute atomic E-state index is 0.0549. The van der Waals surface area contributed by atoms with Crippen LogP contribution in [0.3, 0.4) is 0 Å². The van der Waals surface area contributed by atoms with Crippen molar-refractivity contribution in [2.24, 2.45) is 15.9 Å². The van der Waals surface area contributed by atoms with E-state index in [0.717, 1.165) is 11.1 Å². The molecule has 0 saturated heterocycles. The summed E-state index contributed by atoms with van der Waals surface area (Å²) < 4.78 is 0. The van der Waals surface area contributed by atoms with Crippen molar-refractivity contribution in [1.29, 1.82) is 0 Å². The number of nitrogens with one attached hydrogen (secondary N) is 1. The largest absolute Gasteiger partial charge is 0.508 e. The molecule has 3 N–H and O–H groups in total. The first-order valence-electron chi connectivity index (χ1n) is 10.6. The number of thioether (sulfide) groups is 1. The highest BCUT2D eigenvalue weighted by atomic mass is 32.2. The summed E-state index contributed by atoms with van der Waals surface area (Å²) in [5, 5.41) is 23.8. The first-order chi connectivity index (χ1) is 15.9. The lowest BCUT2D eigenvalue weighted by molar-refractivity contribution is -0.118. The number of rotatable bonds is 5. The van der Waals surface area contributed by atoms with E-state index in [1.165, 1.54) is 23.9 Å². The zero-order valence-electron chi connectivity index (χ0n) is 18.4. The summed E-state index contributed by atoms with van der Waals surface area (Å²) in [6, 6.07) is 21.2. The van der Waals surface area contributed by atoms with E-state index in [0.29, 0.717) is 27.9 Å². The third kappa shape index (κ3) is 5.43. The summed E-state index contributed by atoms with van der Waals surface area (Å²) in [7, 11) is 0. The topological polar surface area (TPSA) is 94.3 Å². The van der Waals surface area contributed by atoms with Crippen LogP contribution in [-0.2, 0) is 10.5 Å². The van der Waals surface area contributed by atoms with Crippen molar-refractivity contribution in [2.75, 3.05) is 5.32 Å². The second-order valence-corrected chi connectivity index (χ2v) is 8.90. The molecule has 0 fully saturated rings. The molecule has 1 heterocycles. The summed E-state index contributed by atoms with van der Waals surface area (Å²) in [6.45, 7) is 3.79. The van der Waals surface area contributed by atoms with Gasteiger partial charge in [-0.3, -0.25) is 9.79 Å². The van der Waals surface area contributed by atoms with E-state index in [4.69, 9.17) is 4.99 Å². The average molecular weight is 460 g/mol. The van der Waals surface area contributed by atoms with E-state index < -0.39 is 12.0 Å². The number of carbonyl (C=O) groups is 1. The molecular weight excluding hydrogens is 434 g/mol. The Kier molecular flexibility index (Phi) is 6.79. The van der Waals surface area contributed by atoms with Gasteiger partial charge in [0.05, 0.1) is 6.04 Å². The number of aromatic hydroxyl groups is 2. The fourth-order valence-corrected chi connectivity index (χ4v) is 4.57. The van der Waals surface area contributed by atoms with Gasteiger partial charge in [0.1, 0.15) is 17.4 Å². The standard InChI is InChI=1S/C26H25N3O3S/c1-16-8-10-19(11-9-16)28-25(32)23-17(2)27-26(33-15-18-6-4-3-5-7-18)29-24(23)21-13-12-20(30)14-22(21)31/h3-14,23-24,30-31H,15H2,1-2H3,(H,28,32). The van der Waals surface area contributed by atoms with Gasteiger partial charge in [0, 0.05) is 28.8 Å². The molecule has 0 radical (unpaired) electrons. The van der Waals surface area contributed by atoms with Crippen LogP contribution >= 0.6 is 11.8 Å². The van der Waals surface area contributed by atoms with E-state index in [1.54, 1.807) is 6.07 Å². The zero-order valence-corrected chi connectivity index (χ0v) is 19.2. The fourth-order valence-electron chi connectivity index (χ4n) is 3.68. The van der Waals surface area contributed by atoms with Gasteiger partial charge in [0.25, 0.3) is 0 Å². The number of hydrogen-bond acceptors (Lipinski definition) is 6. The highest BCUT2D eigenvalue weighted by Crippen LogP contribution is 2.39. The van der Waals surface area contributed by atoms with Crippen LogP contribution in [0, 0.1) is 12.8 Å². The molecule has 1 aliphatic heterocycles. The monoisotopic (exact) mass is 459 g/mol. The molecule has 0 bridgehead atoms. The maximum atomic E-state index is 13.3. The van der Waals surface area contributed by atoms with Gasteiger partial charge in [-0.2, -0.15) is 0 Å². The van der Waals surface area contributed by atoms with Gasteiger partial charge in [-0.15, -0.1) is 0 Å². The zero-order chi connectivity index (χ0) is 23.4. The third-order valence-corrected chi connectivity index (χ3v) is 6.36. The Hall–Kier alpha value is -3.58. The average Bonchev–Trinajstić information content (AvgIpc) is 2.79. The number of nitrogens with zero attached hydrogens (tertiary/aromatic N) is 2. The van der Waals surface area contributed by atoms with Gasteiger partial charge in [0.2, 0.25) is 5.91 Å². The summed E-state index contributed by atoms with van der Waals surface area (Å²) in [6.07, 6.45) is 0. The molecular formula is C26H25N3O3S. The van der Waals surface area contributed by atoms with Crippen molar-refractivity contribution in [3.05, 3.63) is 89.5 Å². The summed E-state index contributed by atoms with van der Waals surface area (Å²) in [5.41, 5.74) is 3.99. The Labute approximate surface area is 197 Å². The van der Waals surface area contributed by atoms with Crippen molar-refractivity contribution in [2.45, 2.75) is 25.6 Å². The predicted octanol–water partition coefficient (Wildman–Crippen LogP) is 5.47. The van der Waals surface area contributed by atoms with Crippen LogP contribution in [0.25, 0.3) is 0 Å². The van der Waals surface area contributed by atoms with Crippen molar-refractivity contribution in [3.8, 4) is 11.5 Å². The van der Waals surface area contributed by atoms with E-state index in [9.17, 15) is 15.0 Å². The summed E-state index contributed by atoms with van der Waals surface area (Å²) in [5.74, 6) is -0.443. The van der Waals surface area contributed by atoms with Gasteiger partial charge in [-0.05, 0) is 43.7 Å². The van der Waals surface area contributed by atoms with Crippen LogP contribution in [0.5, 0.6) is 11.5 Å². The van der Waals surface area contributed by atoms with E-state index in [-0.39, 0.29) is 17.4 Å². The highest BCUT2D eigenvalue weighted by molar-refractivity contribution is 8.13. The van der Waals surface area contributed by atoms with Crippen molar-refractivity contribution in [1.82, 2.24) is 0 Å². The molecule has 6 nitrogen and oxygen atoms in total. The van der Waals surface area contributed by atoms with Gasteiger partial charge < -0.3 is 15.5 Å². The number of aryl methyl sites for hydroxylation is 1. The molecule has 33 heavy (non-hydrogen) atoms. The van der Waals surface area contributed by atoms with Gasteiger partial charge in [-0.25, -0.2) is 4.99 Å². The molecule has 3 aromatic rings. The van der Waals surface area contributed by atoms with Crippen molar-refractivity contribution >= 4 is 34.2 Å². The maximum absolute atomic E-state index is 13.3. The first kappa shape index (κ1) is 22.6. The molecule has 2 atom stereocenters. The second kappa shape index (κ2) is 9.92. The number of hydrogen-bond donors (Lipinski definition) is 3. The van der Waals surface area contributed by atoms with E-state index in [2.05, 4.69) is 10.3 Å². The Balaban J connectivity index is 1.64. The molecule has 0 aliphatic carbocycles. The fraction of sp³-hybridized carbons (Fsp3) is 0.192. The van der Waals surface area contributed by atoms with Crippen LogP contribution in [0.15, 0.2) is 82.8 Å². The number of amides is 1. The molecule has 7 heteroatoms. The van der Waals surface area contributed by atoms with Crippen LogP contribution in [-0.4, -0.2) is 27.0 Å². The van der Waals surface area contributed by atoms with E-state index >= 15 is 0 Å². The molecule has 2 unspecified atom stereocenters. The van der Waals surface area contributed by atoms with Gasteiger partial charge >= 0.3 is 0 Å². The second-order valence-electron chi connectivity index (χ2n) is 7.96. The van der Waals surface area contributed by atoms with E-state index in [1.807, 2.05) is 68.4 Å². The van der Waals surface area contributed by atoms with Crippen LogP contribution < -0.4 is 5.32 Å². The molecule has 0 aromatic heterocycles. The third-order valence-electron chi connectivity index (χ3n) is 5.43. The number of carbonyl (C=O) groups excluding carboxylic acids is 1. The maximum Gasteiger partial charge on any atom is 0.235 e. The number of amidine groups is 1. The number of anilines is 1. The lowest BCUT2D eigenvalue weighted by atomic mass is 9.87. The molecule has 0 spiro atoms. The first-order valence-corrected chi connectivity index (χ1v) is 11.6. The number of phenolic OH excluding ortho intramolecular Hbond substituents is 2. The minimum atomic E-state index is -0.706. The summed E-state index contributed by atoms with van der Waals surface area (Å²) in [4.78, 5) is 22.7. The Morgan fingerprint density at radius 3 is 2.42 bits per heavy atom. The Morgan fingerprint density at radius 1 is 1.00 bits per heavy atom. The number of phenols is 2. The lowest BCUT2D eigenvalue weighted by Crippen LogP contribution is -2.35. The molecule has 1 amide bonds. The highest BCUT2D eigenvalue weighted by Gasteiger charge is 2.36. The molecule has 1 aliphatic rings. The predicted molar refractivity (Wildman–Crippen MR) is 134 cm³/mol.